The molecule has 0 saturated heterocycles. The highest BCUT2D eigenvalue weighted by Crippen LogP contribution is 2.28. The summed E-state index contributed by atoms with van der Waals surface area (Å²) in [5, 5.41) is 5.04. The van der Waals surface area contributed by atoms with Crippen molar-refractivity contribution in [1.29, 1.82) is 0 Å². The van der Waals surface area contributed by atoms with Crippen molar-refractivity contribution in [2.24, 2.45) is 5.92 Å². The highest BCUT2D eigenvalue weighted by Gasteiger charge is 2.32. The monoisotopic (exact) mass is 333 g/mol. The molecule has 7 heteroatoms. The number of nitrogens with one attached hydrogen (secondary N) is 2. The Kier molecular flexibility index (Phi) is 5.78. The number of benzene rings is 1. The van der Waals surface area contributed by atoms with Crippen molar-refractivity contribution in [3.8, 4) is 0 Å². The first-order chi connectivity index (χ1) is 11.4. The van der Waals surface area contributed by atoms with Gasteiger partial charge in [0.15, 0.2) is 0 Å². The van der Waals surface area contributed by atoms with Crippen LogP contribution in [0, 0.1) is 5.92 Å². The number of hydrogen-bond acceptors (Lipinski definition) is 4. The number of carbonyl (C=O) groups is 3. The molecule has 1 aliphatic heterocycles. The van der Waals surface area contributed by atoms with Crippen LogP contribution in [0.5, 0.6) is 0 Å². The number of rotatable bonds is 5. The van der Waals surface area contributed by atoms with E-state index < -0.39 is 18.0 Å². The first-order valence-electron chi connectivity index (χ1n) is 7.94. The second kappa shape index (κ2) is 7.81. The highest BCUT2D eigenvalue weighted by molar-refractivity contribution is 6.00. The number of fused-ring (bicyclic) bond motifs is 1. The molecule has 2 rings (SSSR count). The van der Waals surface area contributed by atoms with Gasteiger partial charge in [0, 0.05) is 12.2 Å². The van der Waals surface area contributed by atoms with E-state index in [1.165, 1.54) is 7.11 Å². The summed E-state index contributed by atoms with van der Waals surface area (Å²) in [6, 6.07) is 6.52. The Morgan fingerprint density at radius 3 is 2.62 bits per heavy atom. The van der Waals surface area contributed by atoms with E-state index in [0.29, 0.717) is 6.54 Å². The summed E-state index contributed by atoms with van der Waals surface area (Å²) < 4.78 is 4.46. The van der Waals surface area contributed by atoms with Gasteiger partial charge in [-0.05, 0) is 24.0 Å². The summed E-state index contributed by atoms with van der Waals surface area (Å²) in [7, 11) is 1.24. The van der Waals surface area contributed by atoms with Crippen molar-refractivity contribution in [3.05, 3.63) is 29.8 Å². The lowest BCUT2D eigenvalue weighted by molar-refractivity contribution is -0.139. The van der Waals surface area contributed by atoms with Gasteiger partial charge in [-0.3, -0.25) is 9.59 Å². The van der Waals surface area contributed by atoms with Crippen molar-refractivity contribution in [2.45, 2.75) is 26.3 Å². The molecule has 24 heavy (non-hydrogen) atoms. The molecule has 0 radical (unpaired) electrons. The molecule has 1 atom stereocenters. The minimum atomic E-state index is -0.672. The quantitative estimate of drug-likeness (QED) is 0.789. The Morgan fingerprint density at radius 1 is 1.25 bits per heavy atom. The topological polar surface area (TPSA) is 87.7 Å². The maximum Gasteiger partial charge on any atom is 0.325 e. The van der Waals surface area contributed by atoms with Crippen LogP contribution in [0.4, 0.5) is 10.5 Å². The number of esters is 1. The van der Waals surface area contributed by atoms with E-state index in [2.05, 4.69) is 15.4 Å². The van der Waals surface area contributed by atoms with Crippen LogP contribution in [0.15, 0.2) is 24.3 Å². The zero-order valence-corrected chi connectivity index (χ0v) is 14.2. The van der Waals surface area contributed by atoms with E-state index in [1.807, 2.05) is 38.1 Å². The summed E-state index contributed by atoms with van der Waals surface area (Å²) in [4.78, 5) is 37.6. The molecular formula is C17H23N3O4. The van der Waals surface area contributed by atoms with Crippen LogP contribution in [-0.2, 0) is 20.7 Å². The standard InChI is InChI=1S/C17H23N3O4/c1-11(2)15(19-17(23)18-10-14(21)24-3)16(22)20-9-8-12-6-4-5-7-13(12)20/h4-7,11,15H,8-10H2,1-3H3,(H2,18,19,23)/t15-/m0/s1. The average Bonchev–Trinajstić information content (AvgIpc) is 3.00. The van der Waals surface area contributed by atoms with Crippen molar-refractivity contribution < 1.29 is 19.1 Å². The Labute approximate surface area is 141 Å². The van der Waals surface area contributed by atoms with Gasteiger partial charge in [0.1, 0.15) is 12.6 Å². The lowest BCUT2D eigenvalue weighted by Crippen LogP contribution is -2.54. The molecule has 1 aliphatic rings. The zero-order chi connectivity index (χ0) is 17.7. The highest BCUT2D eigenvalue weighted by atomic mass is 16.5. The van der Waals surface area contributed by atoms with E-state index in [9.17, 15) is 14.4 Å². The van der Waals surface area contributed by atoms with E-state index in [1.54, 1.807) is 4.90 Å². The van der Waals surface area contributed by atoms with E-state index in [0.717, 1.165) is 17.7 Å². The van der Waals surface area contributed by atoms with Gasteiger partial charge in [0.25, 0.3) is 0 Å². The van der Waals surface area contributed by atoms with Gasteiger partial charge in [0.05, 0.1) is 7.11 Å². The molecule has 1 aromatic rings. The van der Waals surface area contributed by atoms with E-state index >= 15 is 0 Å². The number of amides is 3. The molecule has 1 aromatic carbocycles. The third-order valence-corrected chi connectivity index (χ3v) is 3.99. The van der Waals surface area contributed by atoms with Crippen LogP contribution < -0.4 is 15.5 Å². The zero-order valence-electron chi connectivity index (χ0n) is 14.2. The van der Waals surface area contributed by atoms with Gasteiger partial charge in [-0.15, -0.1) is 0 Å². The molecule has 3 amide bonds. The largest absolute Gasteiger partial charge is 0.468 e. The number of urea groups is 1. The number of nitrogens with zero attached hydrogens (tertiary/aromatic N) is 1. The van der Waals surface area contributed by atoms with Gasteiger partial charge in [-0.1, -0.05) is 32.0 Å². The smallest absolute Gasteiger partial charge is 0.325 e. The maximum absolute atomic E-state index is 12.9. The molecular weight excluding hydrogens is 310 g/mol. The Balaban J connectivity index is 2.04. The Morgan fingerprint density at radius 2 is 1.96 bits per heavy atom. The lowest BCUT2D eigenvalue weighted by Gasteiger charge is -2.27. The van der Waals surface area contributed by atoms with Crippen LogP contribution in [0.2, 0.25) is 0 Å². The maximum atomic E-state index is 12.9. The van der Waals surface area contributed by atoms with Crippen LogP contribution in [-0.4, -0.2) is 44.1 Å². The molecule has 1 heterocycles. The predicted octanol–water partition coefficient (Wildman–Crippen LogP) is 1.07. The lowest BCUT2D eigenvalue weighted by atomic mass is 10.0. The summed E-state index contributed by atoms with van der Waals surface area (Å²) >= 11 is 0. The van der Waals surface area contributed by atoms with Gasteiger partial charge in [-0.25, -0.2) is 4.79 Å². The van der Waals surface area contributed by atoms with Crippen LogP contribution >= 0.6 is 0 Å². The van der Waals surface area contributed by atoms with Crippen molar-refractivity contribution in [1.82, 2.24) is 10.6 Å². The summed E-state index contributed by atoms with van der Waals surface area (Å²) in [6.45, 7) is 4.09. The van der Waals surface area contributed by atoms with Crippen LogP contribution in [0.1, 0.15) is 19.4 Å². The number of para-hydroxylation sites is 1. The van der Waals surface area contributed by atoms with Crippen molar-refractivity contribution >= 4 is 23.6 Å². The fourth-order valence-corrected chi connectivity index (χ4v) is 2.67. The third kappa shape index (κ3) is 4.04. The average molecular weight is 333 g/mol. The molecule has 2 N–H and O–H groups in total. The Hall–Kier alpha value is -2.57. The minimum Gasteiger partial charge on any atom is -0.468 e. The number of anilines is 1. The predicted molar refractivity (Wildman–Crippen MR) is 89.7 cm³/mol. The van der Waals surface area contributed by atoms with Crippen LogP contribution in [0.25, 0.3) is 0 Å². The second-order valence-electron chi connectivity index (χ2n) is 5.99. The second-order valence-corrected chi connectivity index (χ2v) is 5.99. The summed E-state index contributed by atoms with van der Waals surface area (Å²) in [5.41, 5.74) is 2.02. The molecule has 130 valence electrons. The van der Waals surface area contributed by atoms with Crippen molar-refractivity contribution in [3.63, 3.8) is 0 Å². The number of carbonyl (C=O) groups excluding carboxylic acids is 3. The van der Waals surface area contributed by atoms with Gasteiger partial charge >= 0.3 is 12.0 Å². The first-order valence-corrected chi connectivity index (χ1v) is 7.94. The molecule has 0 aliphatic carbocycles. The number of methoxy groups -OCH3 is 1. The SMILES string of the molecule is COC(=O)CNC(=O)N[C@H](C(=O)N1CCc2ccccc21)C(C)C. The molecule has 0 unspecified atom stereocenters. The third-order valence-electron chi connectivity index (χ3n) is 3.99. The molecule has 0 saturated carbocycles. The fourth-order valence-electron chi connectivity index (χ4n) is 2.67. The summed E-state index contributed by atoms with van der Waals surface area (Å²) in [5.74, 6) is -0.789. The van der Waals surface area contributed by atoms with Crippen molar-refractivity contribution in [2.75, 3.05) is 25.1 Å². The van der Waals surface area contributed by atoms with Gasteiger partial charge < -0.3 is 20.3 Å². The fraction of sp³-hybridized carbons (Fsp3) is 0.471. The normalized spacial score (nSPS) is 14.1. The molecule has 0 fully saturated rings. The molecule has 0 bridgehead atoms. The number of ether oxygens (including phenoxy) is 1. The van der Waals surface area contributed by atoms with Gasteiger partial charge in [0.2, 0.25) is 5.91 Å². The Bertz CT molecular complexity index is 630. The molecule has 0 spiro atoms. The first kappa shape index (κ1) is 17.8. The van der Waals surface area contributed by atoms with Crippen LogP contribution in [0.3, 0.4) is 0 Å². The minimum absolute atomic E-state index is 0.0888. The number of hydrogen-bond donors (Lipinski definition) is 2. The van der Waals surface area contributed by atoms with Gasteiger partial charge in [-0.2, -0.15) is 0 Å². The molecule has 0 aromatic heterocycles. The van der Waals surface area contributed by atoms with E-state index in [-0.39, 0.29) is 18.4 Å². The molecule has 7 nitrogen and oxygen atoms in total. The summed E-state index contributed by atoms with van der Waals surface area (Å²) in [6.07, 6.45) is 0.807. The van der Waals surface area contributed by atoms with E-state index in [4.69, 9.17) is 0 Å².